The van der Waals surface area contributed by atoms with Crippen LogP contribution >= 0.6 is 0 Å². The number of aliphatic hydroxyl groups is 1. The number of furan rings is 1. The quantitative estimate of drug-likeness (QED) is 0.790. The highest BCUT2D eigenvalue weighted by Gasteiger charge is 2.07. The lowest BCUT2D eigenvalue weighted by molar-refractivity contribution is 0.273. The molecule has 2 aromatic rings. The fraction of sp³-hybridized carbons (Fsp3) is 0.333. The third kappa shape index (κ3) is 1.42. The van der Waals surface area contributed by atoms with Gasteiger partial charge in [0.25, 0.3) is 0 Å². The van der Waals surface area contributed by atoms with E-state index in [9.17, 15) is 0 Å². The first-order valence-corrected chi connectivity index (χ1v) is 4.81. The standard InChI is InChI=1S/C12H14O2/c1-8(6-13)10-3-4-12-11(5-10)9(2)7-14-12/h3-5,7-8,13H,6H2,1-2H3. The number of aryl methyl sites for hydroxylation is 1. The Kier molecular flexibility index (Phi) is 2.30. The molecule has 1 heterocycles. The molecule has 1 aromatic carbocycles. The van der Waals surface area contributed by atoms with E-state index < -0.39 is 0 Å². The molecule has 0 spiro atoms. The Hall–Kier alpha value is -1.28. The van der Waals surface area contributed by atoms with E-state index in [0.717, 1.165) is 22.1 Å². The third-order valence-corrected chi connectivity index (χ3v) is 2.63. The molecule has 0 amide bonds. The first-order valence-electron chi connectivity index (χ1n) is 4.81. The van der Waals surface area contributed by atoms with Crippen molar-refractivity contribution in [2.24, 2.45) is 0 Å². The van der Waals surface area contributed by atoms with Crippen molar-refractivity contribution in [3.05, 3.63) is 35.6 Å². The van der Waals surface area contributed by atoms with Gasteiger partial charge in [-0.05, 0) is 30.2 Å². The summed E-state index contributed by atoms with van der Waals surface area (Å²) < 4.78 is 5.35. The summed E-state index contributed by atoms with van der Waals surface area (Å²) in [4.78, 5) is 0. The topological polar surface area (TPSA) is 33.4 Å². The molecular weight excluding hydrogens is 176 g/mol. The number of benzene rings is 1. The third-order valence-electron chi connectivity index (χ3n) is 2.63. The van der Waals surface area contributed by atoms with Gasteiger partial charge in [-0.1, -0.05) is 13.0 Å². The van der Waals surface area contributed by atoms with E-state index in [-0.39, 0.29) is 12.5 Å². The summed E-state index contributed by atoms with van der Waals surface area (Å²) in [7, 11) is 0. The lowest BCUT2D eigenvalue weighted by atomic mass is 10.00. The second kappa shape index (κ2) is 3.46. The van der Waals surface area contributed by atoms with Gasteiger partial charge in [0.1, 0.15) is 5.58 Å². The number of fused-ring (bicyclic) bond motifs is 1. The average molecular weight is 190 g/mol. The average Bonchev–Trinajstić information content (AvgIpc) is 2.59. The van der Waals surface area contributed by atoms with E-state index in [2.05, 4.69) is 6.07 Å². The molecule has 0 aliphatic rings. The zero-order valence-electron chi connectivity index (χ0n) is 8.45. The molecule has 0 radical (unpaired) electrons. The van der Waals surface area contributed by atoms with Gasteiger partial charge in [-0.15, -0.1) is 0 Å². The van der Waals surface area contributed by atoms with E-state index in [0.29, 0.717) is 0 Å². The first kappa shape index (κ1) is 9.28. The Morgan fingerprint density at radius 1 is 1.43 bits per heavy atom. The Labute approximate surface area is 83.2 Å². The molecule has 0 bridgehead atoms. The van der Waals surface area contributed by atoms with Crippen LogP contribution in [-0.4, -0.2) is 11.7 Å². The minimum absolute atomic E-state index is 0.183. The van der Waals surface area contributed by atoms with Gasteiger partial charge in [-0.3, -0.25) is 0 Å². The van der Waals surface area contributed by atoms with Crippen molar-refractivity contribution in [3.63, 3.8) is 0 Å². The summed E-state index contributed by atoms with van der Waals surface area (Å²) >= 11 is 0. The summed E-state index contributed by atoms with van der Waals surface area (Å²) in [6, 6.07) is 6.06. The first-order chi connectivity index (χ1) is 6.72. The molecule has 0 saturated heterocycles. The van der Waals surface area contributed by atoms with Crippen molar-refractivity contribution in [1.29, 1.82) is 0 Å². The summed E-state index contributed by atoms with van der Waals surface area (Å²) in [5.41, 5.74) is 3.22. The van der Waals surface area contributed by atoms with Crippen LogP contribution < -0.4 is 0 Å². The van der Waals surface area contributed by atoms with Crippen molar-refractivity contribution < 1.29 is 9.52 Å². The zero-order chi connectivity index (χ0) is 10.1. The lowest BCUT2D eigenvalue weighted by Gasteiger charge is -2.07. The number of hydrogen-bond acceptors (Lipinski definition) is 2. The van der Waals surface area contributed by atoms with Crippen LogP contribution in [0.3, 0.4) is 0 Å². The Morgan fingerprint density at radius 3 is 2.93 bits per heavy atom. The van der Waals surface area contributed by atoms with E-state index >= 15 is 0 Å². The van der Waals surface area contributed by atoms with Crippen LogP contribution in [0.25, 0.3) is 11.0 Å². The monoisotopic (exact) mass is 190 g/mol. The molecule has 1 N–H and O–H groups in total. The molecule has 2 rings (SSSR count). The van der Waals surface area contributed by atoms with Crippen LogP contribution in [0.4, 0.5) is 0 Å². The molecule has 0 saturated carbocycles. The Bertz CT molecular complexity index is 443. The molecule has 14 heavy (non-hydrogen) atoms. The maximum Gasteiger partial charge on any atom is 0.134 e. The second-order valence-corrected chi connectivity index (χ2v) is 3.76. The molecule has 2 nitrogen and oxygen atoms in total. The van der Waals surface area contributed by atoms with E-state index in [4.69, 9.17) is 9.52 Å². The highest BCUT2D eigenvalue weighted by Crippen LogP contribution is 2.25. The molecule has 0 aliphatic heterocycles. The van der Waals surface area contributed by atoms with Crippen molar-refractivity contribution >= 4 is 11.0 Å². The Morgan fingerprint density at radius 2 is 2.21 bits per heavy atom. The molecule has 1 aromatic heterocycles. The van der Waals surface area contributed by atoms with Crippen LogP contribution in [0, 0.1) is 6.92 Å². The van der Waals surface area contributed by atoms with E-state index in [1.807, 2.05) is 26.0 Å². The van der Waals surface area contributed by atoms with Crippen LogP contribution in [0.2, 0.25) is 0 Å². The Balaban J connectivity index is 2.54. The van der Waals surface area contributed by atoms with Crippen LogP contribution in [0.15, 0.2) is 28.9 Å². The van der Waals surface area contributed by atoms with Crippen LogP contribution in [-0.2, 0) is 0 Å². The zero-order valence-corrected chi connectivity index (χ0v) is 8.45. The predicted molar refractivity (Wildman–Crippen MR) is 56.5 cm³/mol. The fourth-order valence-electron chi connectivity index (χ4n) is 1.59. The number of aliphatic hydroxyl groups excluding tert-OH is 1. The minimum Gasteiger partial charge on any atom is -0.464 e. The van der Waals surface area contributed by atoms with Crippen LogP contribution in [0.1, 0.15) is 24.0 Å². The van der Waals surface area contributed by atoms with Crippen molar-refractivity contribution in [2.45, 2.75) is 19.8 Å². The summed E-state index contributed by atoms with van der Waals surface area (Å²) in [6.07, 6.45) is 1.76. The summed E-state index contributed by atoms with van der Waals surface area (Å²) in [6.45, 7) is 4.22. The largest absolute Gasteiger partial charge is 0.464 e. The van der Waals surface area contributed by atoms with E-state index in [1.54, 1.807) is 6.26 Å². The SMILES string of the molecule is Cc1coc2ccc(C(C)CO)cc12. The molecule has 0 fully saturated rings. The second-order valence-electron chi connectivity index (χ2n) is 3.76. The maximum atomic E-state index is 9.06. The highest BCUT2D eigenvalue weighted by molar-refractivity contribution is 5.81. The van der Waals surface area contributed by atoms with Gasteiger partial charge >= 0.3 is 0 Å². The molecule has 1 unspecified atom stereocenters. The number of rotatable bonds is 2. The lowest BCUT2D eigenvalue weighted by Crippen LogP contribution is -1.97. The maximum absolute atomic E-state index is 9.06. The normalized spacial score (nSPS) is 13.4. The van der Waals surface area contributed by atoms with Gasteiger partial charge in [0.2, 0.25) is 0 Å². The van der Waals surface area contributed by atoms with Crippen molar-refractivity contribution in [3.8, 4) is 0 Å². The minimum atomic E-state index is 0.183. The van der Waals surface area contributed by atoms with Gasteiger partial charge < -0.3 is 9.52 Å². The van der Waals surface area contributed by atoms with Crippen LogP contribution in [0.5, 0.6) is 0 Å². The van der Waals surface area contributed by atoms with E-state index in [1.165, 1.54) is 0 Å². The van der Waals surface area contributed by atoms with Gasteiger partial charge in [0, 0.05) is 17.9 Å². The highest BCUT2D eigenvalue weighted by atomic mass is 16.3. The van der Waals surface area contributed by atoms with Gasteiger partial charge in [-0.2, -0.15) is 0 Å². The molecule has 1 atom stereocenters. The fourth-order valence-corrected chi connectivity index (χ4v) is 1.59. The summed E-state index contributed by atoms with van der Waals surface area (Å²) in [5, 5.41) is 10.2. The van der Waals surface area contributed by atoms with Gasteiger partial charge in [0.15, 0.2) is 0 Å². The summed E-state index contributed by atoms with van der Waals surface area (Å²) in [5.74, 6) is 0.189. The molecule has 0 aliphatic carbocycles. The molecule has 2 heteroatoms. The van der Waals surface area contributed by atoms with Gasteiger partial charge in [0.05, 0.1) is 6.26 Å². The number of hydrogen-bond donors (Lipinski definition) is 1. The smallest absolute Gasteiger partial charge is 0.134 e. The molecule has 74 valence electrons. The van der Waals surface area contributed by atoms with Crippen molar-refractivity contribution in [1.82, 2.24) is 0 Å². The van der Waals surface area contributed by atoms with Crippen molar-refractivity contribution in [2.75, 3.05) is 6.61 Å². The predicted octanol–water partition coefficient (Wildman–Crippen LogP) is 2.84. The van der Waals surface area contributed by atoms with Gasteiger partial charge in [-0.25, -0.2) is 0 Å². The molecular formula is C12H14O2.